The average Bonchev–Trinajstić information content (AvgIpc) is 2.91. The first-order valence-corrected chi connectivity index (χ1v) is 6.50. The van der Waals surface area contributed by atoms with Crippen molar-refractivity contribution in [1.29, 1.82) is 0 Å². The molecule has 0 fully saturated rings. The van der Waals surface area contributed by atoms with Gasteiger partial charge in [-0.1, -0.05) is 6.07 Å². The van der Waals surface area contributed by atoms with Crippen molar-refractivity contribution in [2.45, 2.75) is 6.92 Å². The second-order valence-electron chi connectivity index (χ2n) is 4.46. The smallest absolute Gasteiger partial charge is 0.355 e. The predicted molar refractivity (Wildman–Crippen MR) is 77.4 cm³/mol. The van der Waals surface area contributed by atoms with E-state index in [0.717, 1.165) is 22.2 Å². The number of rotatable bonds is 3. The summed E-state index contributed by atoms with van der Waals surface area (Å²) >= 11 is 0. The van der Waals surface area contributed by atoms with Gasteiger partial charge in [-0.05, 0) is 43.3 Å². The van der Waals surface area contributed by atoms with Gasteiger partial charge in [0.1, 0.15) is 11.4 Å². The van der Waals surface area contributed by atoms with Gasteiger partial charge < -0.3 is 13.9 Å². The van der Waals surface area contributed by atoms with Crippen LogP contribution in [-0.2, 0) is 4.74 Å². The number of methoxy groups -OCH3 is 1. The molecule has 0 aliphatic heterocycles. The molecule has 3 aromatic rings. The molecule has 2 aromatic heterocycles. The van der Waals surface area contributed by atoms with Crippen LogP contribution in [0, 0.1) is 0 Å². The number of ether oxygens (including phenoxy) is 2. The van der Waals surface area contributed by atoms with Crippen LogP contribution in [0.5, 0.6) is 5.75 Å². The Morgan fingerprint density at radius 3 is 2.70 bits per heavy atom. The number of nitrogens with zero attached hydrogens (tertiary/aromatic N) is 1. The highest BCUT2D eigenvalue weighted by Crippen LogP contribution is 2.24. The summed E-state index contributed by atoms with van der Waals surface area (Å²) in [7, 11) is 1.64. The summed E-state index contributed by atoms with van der Waals surface area (Å²) in [4.78, 5) is 12.0. The first-order chi connectivity index (χ1) is 9.74. The van der Waals surface area contributed by atoms with Crippen molar-refractivity contribution in [3.05, 3.63) is 48.2 Å². The molecule has 0 saturated heterocycles. The van der Waals surface area contributed by atoms with Gasteiger partial charge in [0.05, 0.1) is 19.2 Å². The number of benzene rings is 1. The molecule has 2 heterocycles. The van der Waals surface area contributed by atoms with Crippen LogP contribution in [0.2, 0.25) is 0 Å². The molecule has 0 aliphatic carbocycles. The van der Waals surface area contributed by atoms with E-state index in [-0.39, 0.29) is 5.97 Å². The molecule has 20 heavy (non-hydrogen) atoms. The van der Waals surface area contributed by atoms with Crippen LogP contribution < -0.4 is 4.74 Å². The fraction of sp³-hybridized carbons (Fsp3) is 0.188. The zero-order chi connectivity index (χ0) is 14.1. The molecule has 4 nitrogen and oxygen atoms in total. The highest BCUT2D eigenvalue weighted by atomic mass is 16.5. The Morgan fingerprint density at radius 1 is 1.15 bits per heavy atom. The molecular weight excluding hydrogens is 254 g/mol. The van der Waals surface area contributed by atoms with E-state index in [2.05, 4.69) is 0 Å². The maximum absolute atomic E-state index is 12.0. The lowest BCUT2D eigenvalue weighted by Gasteiger charge is -2.08. The van der Waals surface area contributed by atoms with Crippen LogP contribution in [0.3, 0.4) is 0 Å². The molecule has 0 unspecified atom stereocenters. The molecule has 0 N–H and O–H groups in total. The van der Waals surface area contributed by atoms with Crippen molar-refractivity contribution in [2.75, 3.05) is 13.7 Å². The number of pyridine rings is 1. The molecule has 0 aliphatic rings. The van der Waals surface area contributed by atoms with Crippen LogP contribution in [0.25, 0.3) is 16.4 Å². The summed E-state index contributed by atoms with van der Waals surface area (Å²) in [6.07, 6.45) is 0. The van der Waals surface area contributed by atoms with Crippen LogP contribution >= 0.6 is 0 Å². The number of carbonyl (C=O) groups excluding carboxylic acids is 1. The molecule has 0 atom stereocenters. The van der Waals surface area contributed by atoms with Gasteiger partial charge in [-0.2, -0.15) is 0 Å². The van der Waals surface area contributed by atoms with E-state index in [1.807, 2.05) is 40.8 Å². The minimum atomic E-state index is -0.309. The highest BCUT2D eigenvalue weighted by molar-refractivity contribution is 5.93. The third-order valence-corrected chi connectivity index (χ3v) is 3.30. The lowest BCUT2D eigenvalue weighted by Crippen LogP contribution is -2.08. The Hall–Kier alpha value is -2.49. The van der Waals surface area contributed by atoms with E-state index >= 15 is 0 Å². The lowest BCUT2D eigenvalue weighted by molar-refractivity contribution is 0.0519. The van der Waals surface area contributed by atoms with Gasteiger partial charge >= 0.3 is 5.97 Å². The minimum absolute atomic E-state index is 0.309. The summed E-state index contributed by atoms with van der Waals surface area (Å²) < 4.78 is 12.2. The summed E-state index contributed by atoms with van der Waals surface area (Å²) in [5.74, 6) is 0.484. The predicted octanol–water partition coefficient (Wildman–Crippen LogP) is 3.28. The highest BCUT2D eigenvalue weighted by Gasteiger charge is 2.13. The molecule has 3 rings (SSSR count). The van der Waals surface area contributed by atoms with Crippen molar-refractivity contribution in [1.82, 2.24) is 4.40 Å². The summed E-state index contributed by atoms with van der Waals surface area (Å²) in [6.45, 7) is 2.17. The molecule has 102 valence electrons. The van der Waals surface area contributed by atoms with E-state index < -0.39 is 0 Å². The second-order valence-corrected chi connectivity index (χ2v) is 4.46. The van der Waals surface area contributed by atoms with Crippen molar-refractivity contribution in [3.63, 3.8) is 0 Å². The third-order valence-electron chi connectivity index (χ3n) is 3.30. The van der Waals surface area contributed by atoms with Crippen LogP contribution in [0.1, 0.15) is 17.4 Å². The number of hydrogen-bond donors (Lipinski definition) is 0. The number of aromatic nitrogens is 1. The molecule has 0 bridgehead atoms. The number of esters is 1. The van der Waals surface area contributed by atoms with E-state index in [9.17, 15) is 4.79 Å². The van der Waals surface area contributed by atoms with Gasteiger partial charge in [-0.15, -0.1) is 0 Å². The molecule has 0 radical (unpaired) electrons. The topological polar surface area (TPSA) is 39.9 Å². The Balaban J connectivity index is 2.28. The largest absolute Gasteiger partial charge is 0.497 e. The number of hydrogen-bond acceptors (Lipinski definition) is 3. The van der Waals surface area contributed by atoms with E-state index in [4.69, 9.17) is 9.47 Å². The maximum Gasteiger partial charge on any atom is 0.355 e. The van der Waals surface area contributed by atoms with Crippen molar-refractivity contribution in [3.8, 4) is 5.75 Å². The third kappa shape index (κ3) is 1.90. The summed E-state index contributed by atoms with van der Waals surface area (Å²) in [6, 6.07) is 13.5. The fourth-order valence-electron chi connectivity index (χ4n) is 2.39. The Bertz CT molecular complexity index is 789. The quantitative estimate of drug-likeness (QED) is 0.685. The Labute approximate surface area is 116 Å². The van der Waals surface area contributed by atoms with Crippen molar-refractivity contribution >= 4 is 22.4 Å². The van der Waals surface area contributed by atoms with Gasteiger partial charge in [0.2, 0.25) is 0 Å². The normalized spacial score (nSPS) is 10.9. The lowest BCUT2D eigenvalue weighted by atomic mass is 10.2. The van der Waals surface area contributed by atoms with Gasteiger partial charge in [-0.3, -0.25) is 0 Å². The van der Waals surface area contributed by atoms with Crippen LogP contribution in [-0.4, -0.2) is 24.1 Å². The van der Waals surface area contributed by atoms with E-state index in [1.165, 1.54) is 0 Å². The fourth-order valence-corrected chi connectivity index (χ4v) is 2.39. The monoisotopic (exact) mass is 269 g/mol. The van der Waals surface area contributed by atoms with E-state index in [0.29, 0.717) is 12.3 Å². The number of carbonyl (C=O) groups is 1. The summed E-state index contributed by atoms with van der Waals surface area (Å²) in [5, 5.41) is 1.01. The first kappa shape index (κ1) is 12.5. The SMILES string of the molecule is CCOC(=O)c1ccc2ccc3cc(OC)ccc3n12. The van der Waals surface area contributed by atoms with Gasteiger partial charge in [0, 0.05) is 10.9 Å². The van der Waals surface area contributed by atoms with Crippen LogP contribution in [0.15, 0.2) is 42.5 Å². The molecule has 1 aromatic carbocycles. The molecule has 0 amide bonds. The molecule has 4 heteroatoms. The van der Waals surface area contributed by atoms with Crippen molar-refractivity contribution < 1.29 is 14.3 Å². The zero-order valence-corrected chi connectivity index (χ0v) is 11.4. The summed E-state index contributed by atoms with van der Waals surface area (Å²) in [5.41, 5.74) is 2.46. The minimum Gasteiger partial charge on any atom is -0.497 e. The first-order valence-electron chi connectivity index (χ1n) is 6.50. The Kier molecular flexibility index (Phi) is 3.06. The van der Waals surface area contributed by atoms with Gasteiger partial charge in [0.25, 0.3) is 0 Å². The second kappa shape index (κ2) is 4.89. The van der Waals surface area contributed by atoms with Gasteiger partial charge in [-0.25, -0.2) is 4.79 Å². The zero-order valence-electron chi connectivity index (χ0n) is 11.4. The van der Waals surface area contributed by atoms with E-state index in [1.54, 1.807) is 20.1 Å². The Morgan fingerprint density at radius 2 is 1.95 bits per heavy atom. The molecule has 0 saturated carbocycles. The standard InChI is InChI=1S/C16H15NO3/c1-3-20-16(18)15-8-6-12-5-4-11-10-13(19-2)7-9-14(11)17(12)15/h4-10H,3H2,1-2H3. The average molecular weight is 269 g/mol. The van der Waals surface area contributed by atoms with Crippen LogP contribution in [0.4, 0.5) is 0 Å². The maximum atomic E-state index is 12.0. The molecule has 0 spiro atoms. The van der Waals surface area contributed by atoms with Gasteiger partial charge in [0.15, 0.2) is 0 Å². The molecular formula is C16H15NO3. The van der Waals surface area contributed by atoms with Crippen molar-refractivity contribution in [2.24, 2.45) is 0 Å². The number of fused-ring (bicyclic) bond motifs is 3.